The Balaban J connectivity index is 2.89. The number of carbonyl (C=O) groups excluding carboxylic acids is 1. The maximum atomic E-state index is 10.9. The van der Waals surface area contributed by atoms with Gasteiger partial charge in [-0.1, -0.05) is 54.2 Å². The van der Waals surface area contributed by atoms with Crippen LogP contribution in [0.15, 0.2) is 0 Å². The van der Waals surface area contributed by atoms with Gasteiger partial charge < -0.3 is 9.84 Å². The summed E-state index contributed by atoms with van der Waals surface area (Å²) in [5, 5.41) is 10.3. The number of thiol groups is 1. The van der Waals surface area contributed by atoms with Gasteiger partial charge in [0.15, 0.2) is 0 Å². The van der Waals surface area contributed by atoms with E-state index in [0.29, 0.717) is 12.5 Å². The third kappa shape index (κ3) is 4.66. The van der Waals surface area contributed by atoms with Gasteiger partial charge in [-0.05, 0) is 41.4 Å². The van der Waals surface area contributed by atoms with Gasteiger partial charge >= 0.3 is 5.30 Å². The van der Waals surface area contributed by atoms with Gasteiger partial charge in [-0.3, -0.25) is 0 Å². The molecule has 1 rings (SSSR count). The van der Waals surface area contributed by atoms with Gasteiger partial charge in [0.25, 0.3) is 0 Å². The van der Waals surface area contributed by atoms with Crippen LogP contribution in [-0.4, -0.2) is 23.1 Å². The normalized spacial score (nSPS) is 32.0. The lowest BCUT2D eigenvalue weighted by atomic mass is 9.59. The Morgan fingerprint density at radius 1 is 1.10 bits per heavy atom. The summed E-state index contributed by atoms with van der Waals surface area (Å²) in [6.45, 7) is 13.5. The van der Waals surface area contributed by atoms with Crippen LogP contribution in [0, 0.1) is 28.6 Å². The Kier molecular flexibility index (Phi) is 5.59. The van der Waals surface area contributed by atoms with Gasteiger partial charge in [-0.2, -0.15) is 0 Å². The van der Waals surface area contributed by atoms with Gasteiger partial charge in [0.1, 0.15) is 0 Å². The molecule has 0 aromatic heterocycles. The minimum Gasteiger partial charge on any atom is -0.457 e. The highest BCUT2D eigenvalue weighted by Crippen LogP contribution is 2.48. The SMILES string of the molecule is CC(C)(C)C1CC(COC(=O)S)CC(C(C)(C)C)C1O. The predicted octanol–water partition coefficient (Wildman–Crippen LogP) is 4.15. The standard InChI is InChI=1S/C16H30O3S/c1-15(2,3)11-7-10(9-19-14(18)20)8-12(13(11)17)16(4,5)6/h10-13,17H,7-9H2,1-6H3,(H,18,20). The van der Waals surface area contributed by atoms with Crippen LogP contribution < -0.4 is 0 Å². The summed E-state index contributed by atoms with van der Waals surface area (Å²) in [6, 6.07) is 0. The van der Waals surface area contributed by atoms with E-state index >= 15 is 0 Å². The molecule has 4 heteroatoms. The lowest BCUT2D eigenvalue weighted by molar-refractivity contribution is -0.0895. The highest BCUT2D eigenvalue weighted by Gasteiger charge is 2.46. The van der Waals surface area contributed by atoms with E-state index in [1.807, 2.05) is 0 Å². The Morgan fingerprint density at radius 3 is 1.80 bits per heavy atom. The topological polar surface area (TPSA) is 46.5 Å². The van der Waals surface area contributed by atoms with E-state index in [0.717, 1.165) is 12.8 Å². The molecule has 20 heavy (non-hydrogen) atoms. The zero-order valence-electron chi connectivity index (χ0n) is 13.6. The Labute approximate surface area is 128 Å². The predicted molar refractivity (Wildman–Crippen MR) is 85.0 cm³/mol. The molecule has 2 unspecified atom stereocenters. The first-order valence-corrected chi connectivity index (χ1v) is 7.91. The van der Waals surface area contributed by atoms with E-state index in [1.54, 1.807) is 0 Å². The van der Waals surface area contributed by atoms with Crippen molar-refractivity contribution in [1.82, 2.24) is 0 Å². The van der Waals surface area contributed by atoms with Crippen molar-refractivity contribution in [2.45, 2.75) is 60.5 Å². The van der Waals surface area contributed by atoms with Crippen LogP contribution in [0.2, 0.25) is 0 Å². The maximum Gasteiger partial charge on any atom is 0.364 e. The van der Waals surface area contributed by atoms with E-state index in [1.165, 1.54) is 0 Å². The van der Waals surface area contributed by atoms with Gasteiger partial charge in [-0.25, -0.2) is 4.79 Å². The summed E-state index contributed by atoms with van der Waals surface area (Å²) < 4.78 is 5.08. The Hall–Kier alpha value is -0.220. The first kappa shape index (κ1) is 17.8. The van der Waals surface area contributed by atoms with Gasteiger partial charge in [0, 0.05) is 0 Å². The van der Waals surface area contributed by atoms with Crippen LogP contribution >= 0.6 is 12.6 Å². The molecule has 0 aromatic carbocycles. The summed E-state index contributed by atoms with van der Waals surface area (Å²) in [6.07, 6.45) is 1.51. The molecule has 0 bridgehead atoms. The lowest BCUT2D eigenvalue weighted by Gasteiger charge is -2.49. The second-order valence-corrected chi connectivity index (χ2v) is 8.72. The Bertz CT molecular complexity index is 317. The maximum absolute atomic E-state index is 10.9. The molecule has 1 fully saturated rings. The van der Waals surface area contributed by atoms with Crippen molar-refractivity contribution in [3.63, 3.8) is 0 Å². The third-order valence-electron chi connectivity index (χ3n) is 4.67. The van der Waals surface area contributed by atoms with E-state index in [-0.39, 0.29) is 28.8 Å². The number of hydrogen-bond acceptors (Lipinski definition) is 3. The third-order valence-corrected chi connectivity index (χ3v) is 4.80. The molecule has 0 heterocycles. The van der Waals surface area contributed by atoms with E-state index in [4.69, 9.17) is 4.74 Å². The molecule has 0 amide bonds. The molecule has 118 valence electrons. The largest absolute Gasteiger partial charge is 0.457 e. The number of aliphatic hydroxyl groups is 1. The number of aliphatic hydroxyl groups excluding tert-OH is 1. The van der Waals surface area contributed by atoms with Crippen LogP contribution in [-0.2, 0) is 4.74 Å². The van der Waals surface area contributed by atoms with Crippen LogP contribution in [0.3, 0.4) is 0 Å². The smallest absolute Gasteiger partial charge is 0.364 e. The van der Waals surface area contributed by atoms with Crippen LogP contribution in [0.4, 0.5) is 4.79 Å². The van der Waals surface area contributed by atoms with Crippen molar-refractivity contribution >= 4 is 17.9 Å². The van der Waals surface area contributed by atoms with E-state index in [9.17, 15) is 9.90 Å². The number of rotatable bonds is 2. The number of ether oxygens (including phenoxy) is 1. The summed E-state index contributed by atoms with van der Waals surface area (Å²) in [5.41, 5.74) is 0.0963. The second-order valence-electron chi connectivity index (χ2n) is 8.35. The molecule has 1 aliphatic rings. The highest BCUT2D eigenvalue weighted by atomic mass is 32.1. The average Bonchev–Trinajstić information content (AvgIpc) is 2.24. The summed E-state index contributed by atoms with van der Waals surface area (Å²) in [4.78, 5) is 10.9. The van der Waals surface area contributed by atoms with Crippen molar-refractivity contribution in [2.75, 3.05) is 6.61 Å². The summed E-state index contributed by atoms with van der Waals surface area (Å²) in [7, 11) is 0. The molecule has 3 nitrogen and oxygen atoms in total. The lowest BCUT2D eigenvalue weighted by Crippen LogP contribution is -2.48. The minimum absolute atomic E-state index is 0.0482. The average molecular weight is 302 g/mol. The molecule has 1 saturated carbocycles. The molecule has 0 spiro atoms. The molecule has 0 saturated heterocycles. The molecule has 0 radical (unpaired) electrons. The van der Waals surface area contributed by atoms with Crippen LogP contribution in [0.25, 0.3) is 0 Å². The quantitative estimate of drug-likeness (QED) is 0.595. The molecule has 1 aliphatic carbocycles. The van der Waals surface area contributed by atoms with E-state index in [2.05, 4.69) is 54.2 Å². The van der Waals surface area contributed by atoms with Crippen molar-refractivity contribution < 1.29 is 14.6 Å². The van der Waals surface area contributed by atoms with Gasteiger partial charge in [0.2, 0.25) is 0 Å². The Morgan fingerprint density at radius 2 is 1.50 bits per heavy atom. The van der Waals surface area contributed by atoms with Gasteiger partial charge in [-0.15, -0.1) is 0 Å². The number of hydrogen-bond donors (Lipinski definition) is 2. The monoisotopic (exact) mass is 302 g/mol. The zero-order valence-corrected chi connectivity index (χ0v) is 14.5. The van der Waals surface area contributed by atoms with Crippen molar-refractivity contribution in [3.05, 3.63) is 0 Å². The summed E-state index contributed by atoms with van der Waals surface area (Å²) in [5.74, 6) is 0.760. The first-order valence-electron chi connectivity index (χ1n) is 7.46. The molecule has 1 N–H and O–H groups in total. The first-order chi connectivity index (χ1) is 8.93. The van der Waals surface area contributed by atoms with Crippen LogP contribution in [0.5, 0.6) is 0 Å². The van der Waals surface area contributed by atoms with Gasteiger partial charge in [0.05, 0.1) is 12.7 Å². The summed E-state index contributed by atoms with van der Waals surface area (Å²) >= 11 is 3.66. The second kappa shape index (κ2) is 6.27. The van der Waals surface area contributed by atoms with Crippen molar-refractivity contribution in [3.8, 4) is 0 Å². The number of carbonyl (C=O) groups is 1. The molecular formula is C16H30O3S. The van der Waals surface area contributed by atoms with Crippen LogP contribution in [0.1, 0.15) is 54.4 Å². The zero-order chi connectivity index (χ0) is 15.7. The fourth-order valence-corrected chi connectivity index (χ4v) is 3.51. The molecule has 0 aromatic rings. The van der Waals surface area contributed by atoms with E-state index < -0.39 is 5.30 Å². The van der Waals surface area contributed by atoms with Crippen molar-refractivity contribution in [2.24, 2.45) is 28.6 Å². The molecular weight excluding hydrogens is 272 g/mol. The minimum atomic E-state index is -0.518. The van der Waals surface area contributed by atoms with Crippen molar-refractivity contribution in [1.29, 1.82) is 0 Å². The fraction of sp³-hybridized carbons (Fsp3) is 0.938. The molecule has 2 atom stereocenters. The highest BCUT2D eigenvalue weighted by molar-refractivity contribution is 7.96. The molecule has 0 aliphatic heterocycles. The fourth-order valence-electron chi connectivity index (χ4n) is 3.43.